The van der Waals surface area contributed by atoms with Crippen LogP contribution in [-0.4, -0.2) is 59.0 Å². The van der Waals surface area contributed by atoms with Gasteiger partial charge in [-0.3, -0.25) is 15.0 Å². The van der Waals surface area contributed by atoms with Crippen LogP contribution < -0.4 is 10.1 Å². The molecule has 0 unspecified atom stereocenters. The normalized spacial score (nSPS) is 14.1. The van der Waals surface area contributed by atoms with Crippen LogP contribution in [0.3, 0.4) is 0 Å². The number of aromatic nitrogens is 3. The van der Waals surface area contributed by atoms with Crippen molar-refractivity contribution in [3.63, 3.8) is 0 Å². The Labute approximate surface area is 201 Å². The summed E-state index contributed by atoms with van der Waals surface area (Å²) in [7, 11) is 1.62. The zero-order valence-corrected chi connectivity index (χ0v) is 19.6. The summed E-state index contributed by atoms with van der Waals surface area (Å²) in [6.45, 7) is 4.01. The van der Waals surface area contributed by atoms with E-state index < -0.39 is 0 Å². The summed E-state index contributed by atoms with van der Waals surface area (Å²) < 4.78 is 12.5. The van der Waals surface area contributed by atoms with Gasteiger partial charge in [0.25, 0.3) is 5.91 Å². The summed E-state index contributed by atoms with van der Waals surface area (Å²) in [5.74, 6) is 0.443. The van der Waals surface area contributed by atoms with Gasteiger partial charge in [0, 0.05) is 36.8 Å². The highest BCUT2D eigenvalue weighted by atomic mass is 32.1. The van der Waals surface area contributed by atoms with Crippen molar-refractivity contribution in [3.05, 3.63) is 77.4 Å². The fraction of sp³-hybridized carbons (Fsp3) is 0.240. The molecule has 2 aromatic heterocycles. The molecule has 174 valence electrons. The number of methoxy groups -OCH3 is 1. The Morgan fingerprint density at radius 3 is 2.76 bits per heavy atom. The number of amides is 1. The predicted octanol–water partition coefficient (Wildman–Crippen LogP) is 4.09. The minimum absolute atomic E-state index is 0.257. The number of para-hydroxylation sites is 1. The molecule has 1 aliphatic rings. The van der Waals surface area contributed by atoms with E-state index in [2.05, 4.69) is 15.2 Å². The van der Waals surface area contributed by atoms with Crippen LogP contribution in [0, 0.1) is 0 Å². The summed E-state index contributed by atoms with van der Waals surface area (Å²) in [5, 5.41) is 10.3. The second kappa shape index (κ2) is 10.2. The molecule has 1 aliphatic heterocycles. The second-order valence-corrected chi connectivity index (χ2v) is 8.75. The van der Waals surface area contributed by atoms with E-state index in [4.69, 9.17) is 14.6 Å². The Hall–Kier alpha value is -3.53. The van der Waals surface area contributed by atoms with Gasteiger partial charge in [0.1, 0.15) is 11.4 Å². The Balaban J connectivity index is 1.41. The number of ether oxygens (including phenoxy) is 2. The van der Waals surface area contributed by atoms with E-state index in [9.17, 15) is 4.79 Å². The predicted molar refractivity (Wildman–Crippen MR) is 132 cm³/mol. The number of morpholine rings is 1. The van der Waals surface area contributed by atoms with Crippen LogP contribution in [0.5, 0.6) is 5.75 Å². The van der Waals surface area contributed by atoms with E-state index >= 15 is 0 Å². The number of rotatable bonds is 7. The van der Waals surface area contributed by atoms with Gasteiger partial charge in [0.15, 0.2) is 5.13 Å². The lowest BCUT2D eigenvalue weighted by atomic mass is 10.1. The van der Waals surface area contributed by atoms with Crippen molar-refractivity contribution < 1.29 is 14.3 Å². The van der Waals surface area contributed by atoms with E-state index in [1.54, 1.807) is 18.0 Å². The van der Waals surface area contributed by atoms with Crippen molar-refractivity contribution in [2.24, 2.45) is 0 Å². The molecule has 1 fully saturated rings. The van der Waals surface area contributed by atoms with E-state index in [0.717, 1.165) is 49.8 Å². The largest absolute Gasteiger partial charge is 0.497 e. The number of carbonyl (C=O) groups is 1. The van der Waals surface area contributed by atoms with Gasteiger partial charge in [0.2, 0.25) is 0 Å². The Kier molecular flexibility index (Phi) is 6.66. The highest BCUT2D eigenvalue weighted by Crippen LogP contribution is 2.28. The Morgan fingerprint density at radius 1 is 1.15 bits per heavy atom. The van der Waals surface area contributed by atoms with Crippen LogP contribution in [0.25, 0.3) is 16.9 Å². The van der Waals surface area contributed by atoms with Crippen LogP contribution in [0.2, 0.25) is 0 Å². The van der Waals surface area contributed by atoms with Gasteiger partial charge in [-0.15, -0.1) is 11.3 Å². The number of thiazole rings is 1. The molecule has 0 saturated carbocycles. The van der Waals surface area contributed by atoms with Gasteiger partial charge in [-0.05, 0) is 24.3 Å². The van der Waals surface area contributed by atoms with Gasteiger partial charge < -0.3 is 9.47 Å². The maximum absolute atomic E-state index is 13.4. The lowest BCUT2D eigenvalue weighted by Gasteiger charge is -2.25. The molecule has 0 atom stereocenters. The number of nitrogens with one attached hydrogen (secondary N) is 1. The number of anilines is 1. The third kappa shape index (κ3) is 5.01. The fourth-order valence-electron chi connectivity index (χ4n) is 3.83. The van der Waals surface area contributed by atoms with Gasteiger partial charge in [-0.2, -0.15) is 5.10 Å². The number of carbonyl (C=O) groups excluding carboxylic acids is 1. The molecular weight excluding hydrogens is 450 g/mol. The number of hydrogen-bond acceptors (Lipinski definition) is 7. The molecule has 1 amide bonds. The maximum atomic E-state index is 13.4. The molecule has 8 nitrogen and oxygen atoms in total. The zero-order chi connectivity index (χ0) is 23.3. The van der Waals surface area contributed by atoms with Gasteiger partial charge in [-0.25, -0.2) is 9.67 Å². The summed E-state index contributed by atoms with van der Waals surface area (Å²) in [4.78, 5) is 20.3. The second-order valence-electron chi connectivity index (χ2n) is 7.89. The van der Waals surface area contributed by atoms with E-state index in [-0.39, 0.29) is 5.91 Å². The highest BCUT2D eigenvalue weighted by Gasteiger charge is 2.21. The molecule has 1 N–H and O–H groups in total. The molecule has 0 bridgehead atoms. The van der Waals surface area contributed by atoms with E-state index in [1.807, 2.05) is 60.0 Å². The first-order chi connectivity index (χ1) is 16.7. The topological polar surface area (TPSA) is 81.5 Å². The molecule has 5 rings (SSSR count). The molecule has 0 aliphatic carbocycles. The molecule has 4 aromatic rings. The molecule has 34 heavy (non-hydrogen) atoms. The fourth-order valence-corrected chi connectivity index (χ4v) is 4.52. The van der Waals surface area contributed by atoms with Crippen LogP contribution in [0.15, 0.2) is 66.2 Å². The molecule has 2 aromatic carbocycles. The van der Waals surface area contributed by atoms with Gasteiger partial charge in [-0.1, -0.05) is 30.3 Å². The Morgan fingerprint density at radius 2 is 1.97 bits per heavy atom. The summed E-state index contributed by atoms with van der Waals surface area (Å²) in [6.07, 6.45) is 1.75. The zero-order valence-electron chi connectivity index (χ0n) is 18.8. The van der Waals surface area contributed by atoms with Crippen LogP contribution in [0.1, 0.15) is 16.1 Å². The van der Waals surface area contributed by atoms with Gasteiger partial charge in [0.05, 0.1) is 37.3 Å². The van der Waals surface area contributed by atoms with Crippen molar-refractivity contribution in [1.29, 1.82) is 0 Å². The molecule has 3 heterocycles. The first-order valence-corrected chi connectivity index (χ1v) is 11.9. The molecule has 0 radical (unpaired) electrons. The summed E-state index contributed by atoms with van der Waals surface area (Å²) in [5.41, 5.74) is 3.64. The maximum Gasteiger partial charge on any atom is 0.261 e. The Bertz CT molecular complexity index is 1260. The lowest BCUT2D eigenvalue weighted by molar-refractivity contribution is 0.0337. The van der Waals surface area contributed by atoms with Crippen molar-refractivity contribution in [3.8, 4) is 22.7 Å². The SMILES string of the molecule is COc1cccc(-c2nn(-c3ccccc3)cc2C(=O)Nc2nc(CN3CCOCC3)cs2)c1. The third-order valence-corrected chi connectivity index (χ3v) is 6.39. The van der Waals surface area contributed by atoms with Crippen molar-refractivity contribution in [2.75, 3.05) is 38.7 Å². The minimum atomic E-state index is -0.257. The van der Waals surface area contributed by atoms with Gasteiger partial charge >= 0.3 is 0 Å². The van der Waals surface area contributed by atoms with Crippen molar-refractivity contribution >= 4 is 22.4 Å². The average molecular weight is 476 g/mol. The van der Waals surface area contributed by atoms with Crippen LogP contribution >= 0.6 is 11.3 Å². The minimum Gasteiger partial charge on any atom is -0.497 e. The molecule has 1 saturated heterocycles. The quantitative estimate of drug-likeness (QED) is 0.434. The lowest BCUT2D eigenvalue weighted by Crippen LogP contribution is -2.35. The standard InChI is InChI=1S/C25H25N5O3S/c1-32-21-9-5-6-18(14-21)23-22(16-30(28-23)20-7-3-2-4-8-20)24(31)27-25-26-19(17-34-25)15-29-10-12-33-13-11-29/h2-9,14,16-17H,10-13,15H2,1H3,(H,26,27,31). The smallest absolute Gasteiger partial charge is 0.261 e. The molecule has 9 heteroatoms. The first kappa shape index (κ1) is 22.3. The number of benzene rings is 2. The summed E-state index contributed by atoms with van der Waals surface area (Å²) in [6, 6.07) is 17.3. The number of hydrogen-bond donors (Lipinski definition) is 1. The number of nitrogens with zero attached hydrogens (tertiary/aromatic N) is 4. The van der Waals surface area contributed by atoms with E-state index in [0.29, 0.717) is 22.1 Å². The average Bonchev–Trinajstić information content (AvgIpc) is 3.53. The van der Waals surface area contributed by atoms with Crippen LogP contribution in [-0.2, 0) is 11.3 Å². The monoisotopic (exact) mass is 475 g/mol. The van der Waals surface area contributed by atoms with Crippen molar-refractivity contribution in [1.82, 2.24) is 19.7 Å². The summed E-state index contributed by atoms with van der Waals surface area (Å²) >= 11 is 1.42. The van der Waals surface area contributed by atoms with Crippen LogP contribution in [0.4, 0.5) is 5.13 Å². The third-order valence-electron chi connectivity index (χ3n) is 5.58. The molecular formula is C25H25N5O3S. The highest BCUT2D eigenvalue weighted by molar-refractivity contribution is 7.14. The first-order valence-electron chi connectivity index (χ1n) is 11.0. The molecule has 0 spiro atoms. The van der Waals surface area contributed by atoms with E-state index in [1.165, 1.54) is 11.3 Å². The van der Waals surface area contributed by atoms with Crippen molar-refractivity contribution in [2.45, 2.75) is 6.54 Å².